The Hall–Kier alpha value is -1.53. The van der Waals surface area contributed by atoms with Gasteiger partial charge in [0.1, 0.15) is 6.10 Å². The summed E-state index contributed by atoms with van der Waals surface area (Å²) in [6, 6.07) is 0. The van der Waals surface area contributed by atoms with Gasteiger partial charge in [0, 0.05) is 6.42 Å². The van der Waals surface area contributed by atoms with Crippen LogP contribution in [0.4, 0.5) is 0 Å². The van der Waals surface area contributed by atoms with Crippen molar-refractivity contribution >= 4 is 5.97 Å². The van der Waals surface area contributed by atoms with E-state index < -0.39 is 0 Å². The molecule has 0 bridgehead atoms. The van der Waals surface area contributed by atoms with E-state index in [0.717, 1.165) is 18.4 Å². The SMILES string of the molecule is CCC1CC2=C(C=C=CC=C2)C(=O)O1. The minimum Gasteiger partial charge on any atom is -0.458 e. The van der Waals surface area contributed by atoms with Crippen molar-refractivity contribution in [2.24, 2.45) is 0 Å². The summed E-state index contributed by atoms with van der Waals surface area (Å²) in [6.45, 7) is 2.03. The van der Waals surface area contributed by atoms with E-state index in [1.165, 1.54) is 0 Å². The maximum absolute atomic E-state index is 11.6. The average Bonchev–Trinajstić information content (AvgIpc) is 2.42. The van der Waals surface area contributed by atoms with Crippen LogP contribution in [0.3, 0.4) is 0 Å². The molecule has 1 unspecified atom stereocenters. The number of carbonyl (C=O) groups excluding carboxylic acids is 1. The molecule has 0 radical (unpaired) electrons. The largest absolute Gasteiger partial charge is 0.458 e. The van der Waals surface area contributed by atoms with Crippen molar-refractivity contribution in [3.05, 3.63) is 41.2 Å². The second-order valence-corrected chi connectivity index (χ2v) is 3.42. The van der Waals surface area contributed by atoms with Gasteiger partial charge >= 0.3 is 5.97 Å². The Morgan fingerprint density at radius 2 is 2.50 bits per heavy atom. The number of hydrogen-bond acceptors (Lipinski definition) is 2. The lowest BCUT2D eigenvalue weighted by Gasteiger charge is -2.23. The molecule has 0 amide bonds. The maximum Gasteiger partial charge on any atom is 0.339 e. The van der Waals surface area contributed by atoms with Crippen LogP contribution in [0.5, 0.6) is 0 Å². The highest BCUT2D eigenvalue weighted by atomic mass is 16.5. The Morgan fingerprint density at radius 3 is 3.29 bits per heavy atom. The van der Waals surface area contributed by atoms with Gasteiger partial charge in [0.15, 0.2) is 0 Å². The highest BCUT2D eigenvalue weighted by Gasteiger charge is 2.25. The number of esters is 1. The zero-order valence-electron chi connectivity index (χ0n) is 8.12. The molecule has 0 saturated carbocycles. The standard InChI is InChI=1S/C12H12O2/c1-2-10-8-9-6-4-3-5-7-11(9)12(13)14-10/h3-4,6-7,10H,2,8H2,1H3. The van der Waals surface area contributed by atoms with Crippen LogP contribution in [0.25, 0.3) is 0 Å². The molecule has 0 aromatic carbocycles. The van der Waals surface area contributed by atoms with Crippen molar-refractivity contribution in [1.82, 2.24) is 0 Å². The summed E-state index contributed by atoms with van der Waals surface area (Å²) in [5.74, 6) is -0.217. The van der Waals surface area contributed by atoms with E-state index in [1.807, 2.05) is 19.1 Å². The fourth-order valence-corrected chi connectivity index (χ4v) is 1.63. The molecule has 0 spiro atoms. The molecule has 0 fully saturated rings. The summed E-state index contributed by atoms with van der Waals surface area (Å²) in [5.41, 5.74) is 4.63. The van der Waals surface area contributed by atoms with E-state index in [-0.39, 0.29) is 12.1 Å². The molecule has 1 atom stereocenters. The van der Waals surface area contributed by atoms with Crippen molar-refractivity contribution in [2.75, 3.05) is 0 Å². The van der Waals surface area contributed by atoms with Gasteiger partial charge < -0.3 is 4.74 Å². The molecule has 0 N–H and O–H groups in total. The Morgan fingerprint density at radius 1 is 1.64 bits per heavy atom. The lowest BCUT2D eigenvalue weighted by Crippen LogP contribution is -2.24. The Kier molecular flexibility index (Phi) is 2.38. The normalized spacial score (nSPS) is 24.6. The maximum atomic E-state index is 11.6. The molecule has 14 heavy (non-hydrogen) atoms. The first-order chi connectivity index (χ1) is 6.81. The van der Waals surface area contributed by atoms with E-state index in [4.69, 9.17) is 4.74 Å². The monoisotopic (exact) mass is 188 g/mol. The summed E-state index contributed by atoms with van der Waals surface area (Å²) in [6.07, 6.45) is 9.10. The first kappa shape index (κ1) is 9.04. The molecule has 1 heterocycles. The van der Waals surface area contributed by atoms with Crippen molar-refractivity contribution in [3.8, 4) is 0 Å². The average molecular weight is 188 g/mol. The Balaban J connectivity index is 2.37. The van der Waals surface area contributed by atoms with Crippen molar-refractivity contribution in [2.45, 2.75) is 25.9 Å². The molecule has 1 aliphatic carbocycles. The molecule has 72 valence electrons. The van der Waals surface area contributed by atoms with Crippen molar-refractivity contribution in [3.63, 3.8) is 0 Å². The van der Waals surface area contributed by atoms with Gasteiger partial charge in [-0.3, -0.25) is 0 Å². The van der Waals surface area contributed by atoms with Crippen LogP contribution in [0.15, 0.2) is 41.2 Å². The van der Waals surface area contributed by atoms with E-state index in [9.17, 15) is 4.79 Å². The van der Waals surface area contributed by atoms with E-state index in [1.54, 1.807) is 12.2 Å². The molecule has 2 heteroatoms. The van der Waals surface area contributed by atoms with Gasteiger partial charge in [0.2, 0.25) is 0 Å². The van der Waals surface area contributed by atoms with Gasteiger partial charge in [-0.15, -0.1) is 5.73 Å². The number of ether oxygens (including phenoxy) is 1. The fourth-order valence-electron chi connectivity index (χ4n) is 1.63. The van der Waals surface area contributed by atoms with Crippen LogP contribution in [0.1, 0.15) is 19.8 Å². The zero-order valence-corrected chi connectivity index (χ0v) is 8.12. The van der Waals surface area contributed by atoms with Gasteiger partial charge in [-0.1, -0.05) is 19.1 Å². The van der Waals surface area contributed by atoms with E-state index >= 15 is 0 Å². The second-order valence-electron chi connectivity index (χ2n) is 3.42. The highest BCUT2D eigenvalue weighted by Crippen LogP contribution is 2.25. The number of carbonyl (C=O) groups is 1. The zero-order chi connectivity index (χ0) is 9.97. The van der Waals surface area contributed by atoms with Crippen LogP contribution in [0.2, 0.25) is 0 Å². The van der Waals surface area contributed by atoms with E-state index in [0.29, 0.717) is 5.57 Å². The van der Waals surface area contributed by atoms with Crippen LogP contribution in [0, 0.1) is 0 Å². The molecular weight excluding hydrogens is 176 g/mol. The van der Waals surface area contributed by atoms with Crippen LogP contribution in [-0.4, -0.2) is 12.1 Å². The third kappa shape index (κ3) is 1.57. The lowest BCUT2D eigenvalue weighted by molar-refractivity contribution is -0.145. The summed E-state index contributed by atoms with van der Waals surface area (Å²) >= 11 is 0. The lowest BCUT2D eigenvalue weighted by atomic mass is 9.97. The van der Waals surface area contributed by atoms with Crippen molar-refractivity contribution in [1.29, 1.82) is 0 Å². The van der Waals surface area contributed by atoms with Crippen LogP contribution < -0.4 is 0 Å². The summed E-state index contributed by atoms with van der Waals surface area (Å²) in [5, 5.41) is 0. The number of allylic oxidation sites excluding steroid dienone is 2. The molecule has 0 saturated heterocycles. The molecule has 0 aromatic rings. The third-order valence-electron chi connectivity index (χ3n) is 2.46. The van der Waals surface area contributed by atoms with Crippen LogP contribution >= 0.6 is 0 Å². The molecule has 2 rings (SSSR count). The summed E-state index contributed by atoms with van der Waals surface area (Å²) in [4.78, 5) is 11.6. The Labute approximate surface area is 83.3 Å². The number of hydrogen-bond donors (Lipinski definition) is 0. The molecular formula is C12H12O2. The number of cyclic esters (lactones) is 1. The van der Waals surface area contributed by atoms with Crippen LogP contribution in [-0.2, 0) is 9.53 Å². The van der Waals surface area contributed by atoms with Gasteiger partial charge in [-0.2, -0.15) is 0 Å². The quantitative estimate of drug-likeness (QED) is 0.466. The number of rotatable bonds is 1. The van der Waals surface area contributed by atoms with E-state index in [2.05, 4.69) is 5.73 Å². The molecule has 2 aliphatic rings. The van der Waals surface area contributed by atoms with Gasteiger partial charge in [-0.25, -0.2) is 4.79 Å². The molecule has 0 aromatic heterocycles. The van der Waals surface area contributed by atoms with Gasteiger partial charge in [-0.05, 0) is 24.1 Å². The minimum absolute atomic E-state index is 0.0393. The predicted molar refractivity (Wildman–Crippen MR) is 53.6 cm³/mol. The van der Waals surface area contributed by atoms with Gasteiger partial charge in [0.25, 0.3) is 0 Å². The Bertz CT molecular complexity index is 379. The topological polar surface area (TPSA) is 26.3 Å². The smallest absolute Gasteiger partial charge is 0.339 e. The minimum atomic E-state index is -0.217. The summed E-state index contributed by atoms with van der Waals surface area (Å²) < 4.78 is 5.24. The highest BCUT2D eigenvalue weighted by molar-refractivity contribution is 5.94. The summed E-state index contributed by atoms with van der Waals surface area (Å²) in [7, 11) is 0. The third-order valence-corrected chi connectivity index (χ3v) is 2.46. The first-order valence-corrected chi connectivity index (χ1v) is 4.84. The predicted octanol–water partition coefficient (Wildman–Crippen LogP) is 2.29. The van der Waals surface area contributed by atoms with Crippen molar-refractivity contribution < 1.29 is 9.53 Å². The molecule has 1 aliphatic heterocycles. The first-order valence-electron chi connectivity index (χ1n) is 4.84. The fraction of sp³-hybridized carbons (Fsp3) is 0.333. The van der Waals surface area contributed by atoms with Gasteiger partial charge in [0.05, 0.1) is 5.57 Å². The second kappa shape index (κ2) is 3.69. The molecule has 2 nitrogen and oxygen atoms in total.